The van der Waals surface area contributed by atoms with Crippen molar-refractivity contribution in [3.63, 3.8) is 0 Å². The lowest BCUT2D eigenvalue weighted by atomic mass is 10.2. The highest BCUT2D eigenvalue weighted by atomic mass is 16.5. The van der Waals surface area contributed by atoms with Gasteiger partial charge in [-0.3, -0.25) is 9.20 Å². The van der Waals surface area contributed by atoms with Crippen LogP contribution >= 0.6 is 0 Å². The molecule has 0 bridgehead atoms. The molecule has 1 aromatic carbocycles. The van der Waals surface area contributed by atoms with E-state index >= 15 is 0 Å². The maximum absolute atomic E-state index is 13.6. The van der Waals surface area contributed by atoms with E-state index in [0.717, 1.165) is 30.5 Å². The van der Waals surface area contributed by atoms with Crippen LogP contribution in [0.5, 0.6) is 0 Å². The molecule has 6 rings (SSSR count). The third kappa shape index (κ3) is 2.56. The minimum absolute atomic E-state index is 0.0505. The standard InChI is InChI=1S/C22H23N5O3/c1-12-13(2)17(12)21-24-20(25-30-21)18-19-22(28)26(10-14-6-5-9-29-14)15-7-3-4-8-16(15)27(19)11-23-18/h3-4,7-8,11-14,17H,5-6,9-10H2,1-2H3. The fraction of sp³-hybridized carbons (Fsp3) is 0.455. The summed E-state index contributed by atoms with van der Waals surface area (Å²) in [7, 11) is 0. The Hall–Kier alpha value is -3.00. The topological polar surface area (TPSA) is 87.5 Å². The predicted octanol–water partition coefficient (Wildman–Crippen LogP) is 3.25. The molecule has 1 saturated heterocycles. The number of ether oxygens (including phenoxy) is 1. The van der Waals surface area contributed by atoms with Gasteiger partial charge >= 0.3 is 0 Å². The lowest BCUT2D eigenvalue weighted by Crippen LogP contribution is -2.28. The first-order chi connectivity index (χ1) is 14.6. The van der Waals surface area contributed by atoms with Crippen LogP contribution in [0.1, 0.15) is 38.5 Å². The zero-order valence-corrected chi connectivity index (χ0v) is 17.0. The molecule has 3 aromatic heterocycles. The SMILES string of the molecule is CC1C(C)C1c1nc(-c2ncn3c2c(=O)n(CC2CCCO2)c2ccccc23)no1. The molecule has 4 heterocycles. The van der Waals surface area contributed by atoms with Gasteiger partial charge in [-0.2, -0.15) is 4.98 Å². The molecule has 4 aromatic rings. The van der Waals surface area contributed by atoms with Crippen LogP contribution in [0.15, 0.2) is 39.9 Å². The van der Waals surface area contributed by atoms with Crippen LogP contribution in [0.4, 0.5) is 0 Å². The van der Waals surface area contributed by atoms with Gasteiger partial charge in [-0.15, -0.1) is 0 Å². The summed E-state index contributed by atoms with van der Waals surface area (Å²) in [6, 6.07) is 7.87. The number of aromatic nitrogens is 5. The average Bonchev–Trinajstić information content (AvgIpc) is 3.32. The number of hydrogen-bond acceptors (Lipinski definition) is 6. The average molecular weight is 405 g/mol. The van der Waals surface area contributed by atoms with Gasteiger partial charge in [0, 0.05) is 12.5 Å². The number of imidazole rings is 1. The first-order valence-electron chi connectivity index (χ1n) is 10.6. The van der Waals surface area contributed by atoms with Crippen molar-refractivity contribution >= 4 is 16.6 Å². The van der Waals surface area contributed by atoms with E-state index in [1.165, 1.54) is 0 Å². The lowest BCUT2D eigenvalue weighted by Gasteiger charge is -2.16. The Kier molecular flexibility index (Phi) is 3.86. The van der Waals surface area contributed by atoms with Gasteiger partial charge in [0.2, 0.25) is 11.7 Å². The van der Waals surface area contributed by atoms with Gasteiger partial charge in [0.1, 0.15) is 17.5 Å². The summed E-state index contributed by atoms with van der Waals surface area (Å²) >= 11 is 0. The van der Waals surface area contributed by atoms with Crippen LogP contribution in [0.25, 0.3) is 28.1 Å². The maximum Gasteiger partial charge on any atom is 0.277 e. The van der Waals surface area contributed by atoms with Crippen molar-refractivity contribution < 1.29 is 9.26 Å². The Morgan fingerprint density at radius 2 is 1.97 bits per heavy atom. The number of nitrogens with zero attached hydrogens (tertiary/aromatic N) is 5. The summed E-state index contributed by atoms with van der Waals surface area (Å²) in [5.41, 5.74) is 2.59. The predicted molar refractivity (Wildman–Crippen MR) is 110 cm³/mol. The van der Waals surface area contributed by atoms with Gasteiger partial charge in [-0.05, 0) is 36.8 Å². The molecule has 8 nitrogen and oxygen atoms in total. The first kappa shape index (κ1) is 17.8. The molecule has 154 valence electrons. The Bertz CT molecular complexity index is 1310. The lowest BCUT2D eigenvalue weighted by molar-refractivity contribution is 0.0973. The Morgan fingerprint density at radius 3 is 2.70 bits per heavy atom. The van der Waals surface area contributed by atoms with Crippen LogP contribution in [0, 0.1) is 11.8 Å². The van der Waals surface area contributed by atoms with E-state index in [1.54, 1.807) is 10.9 Å². The molecule has 0 amide bonds. The molecule has 8 heteroatoms. The highest BCUT2D eigenvalue weighted by molar-refractivity contribution is 5.83. The van der Waals surface area contributed by atoms with E-state index in [-0.39, 0.29) is 17.6 Å². The molecule has 2 fully saturated rings. The van der Waals surface area contributed by atoms with Crippen LogP contribution in [-0.2, 0) is 11.3 Å². The zero-order chi connectivity index (χ0) is 20.4. The van der Waals surface area contributed by atoms with Gasteiger partial charge in [-0.25, -0.2) is 4.98 Å². The van der Waals surface area contributed by atoms with Crippen LogP contribution in [0.2, 0.25) is 0 Å². The number of rotatable bonds is 4. The smallest absolute Gasteiger partial charge is 0.277 e. The minimum atomic E-state index is -0.115. The van der Waals surface area contributed by atoms with Crippen LogP contribution < -0.4 is 5.56 Å². The summed E-state index contributed by atoms with van der Waals surface area (Å²) < 4.78 is 15.0. The highest BCUT2D eigenvalue weighted by Crippen LogP contribution is 2.52. The third-order valence-electron chi connectivity index (χ3n) is 6.82. The summed E-state index contributed by atoms with van der Waals surface area (Å²) in [4.78, 5) is 22.7. The summed E-state index contributed by atoms with van der Waals surface area (Å²) in [5.74, 6) is 2.35. The van der Waals surface area contributed by atoms with Gasteiger partial charge in [0.25, 0.3) is 5.56 Å². The molecule has 0 N–H and O–H groups in total. The van der Waals surface area contributed by atoms with Gasteiger partial charge in [0.15, 0.2) is 0 Å². The van der Waals surface area contributed by atoms with Crippen LogP contribution in [-0.4, -0.2) is 36.8 Å². The van der Waals surface area contributed by atoms with Crippen molar-refractivity contribution in [2.75, 3.05) is 6.61 Å². The second kappa shape index (κ2) is 6.50. The number of fused-ring (bicyclic) bond motifs is 3. The summed E-state index contributed by atoms with van der Waals surface area (Å²) in [5, 5.41) is 4.16. The molecule has 0 spiro atoms. The molecular weight excluding hydrogens is 382 g/mol. The molecule has 30 heavy (non-hydrogen) atoms. The van der Waals surface area contributed by atoms with Gasteiger partial charge in [-0.1, -0.05) is 31.1 Å². The van der Waals surface area contributed by atoms with Crippen molar-refractivity contribution in [3.05, 3.63) is 46.8 Å². The monoisotopic (exact) mass is 405 g/mol. The van der Waals surface area contributed by atoms with Crippen molar-refractivity contribution in [3.8, 4) is 11.5 Å². The van der Waals surface area contributed by atoms with E-state index in [0.29, 0.717) is 41.3 Å². The van der Waals surface area contributed by atoms with Gasteiger partial charge < -0.3 is 13.8 Å². The normalized spacial score (nSPS) is 26.1. The third-order valence-corrected chi connectivity index (χ3v) is 6.82. The molecule has 0 radical (unpaired) electrons. The first-order valence-corrected chi connectivity index (χ1v) is 10.6. The second-order valence-corrected chi connectivity index (χ2v) is 8.55. The Balaban J connectivity index is 1.53. The second-order valence-electron chi connectivity index (χ2n) is 8.55. The molecular formula is C22H23N5O3. The zero-order valence-electron chi connectivity index (χ0n) is 17.0. The minimum Gasteiger partial charge on any atom is -0.376 e. The molecule has 3 atom stereocenters. The van der Waals surface area contributed by atoms with E-state index in [2.05, 4.69) is 29.0 Å². The molecule has 3 unspecified atom stereocenters. The van der Waals surface area contributed by atoms with E-state index in [9.17, 15) is 4.79 Å². The fourth-order valence-corrected chi connectivity index (χ4v) is 4.78. The van der Waals surface area contributed by atoms with Crippen molar-refractivity contribution in [1.29, 1.82) is 0 Å². The summed E-state index contributed by atoms with van der Waals surface area (Å²) in [6.07, 6.45) is 3.71. The molecule has 1 saturated carbocycles. The van der Waals surface area contributed by atoms with Crippen molar-refractivity contribution in [1.82, 2.24) is 24.1 Å². The van der Waals surface area contributed by atoms with Gasteiger partial charge in [0.05, 0.1) is 23.7 Å². The van der Waals surface area contributed by atoms with Crippen molar-refractivity contribution in [2.45, 2.75) is 45.3 Å². The Morgan fingerprint density at radius 1 is 1.17 bits per heavy atom. The molecule has 1 aliphatic carbocycles. The number of benzene rings is 1. The largest absolute Gasteiger partial charge is 0.376 e. The highest BCUT2D eigenvalue weighted by Gasteiger charge is 2.48. The number of hydrogen-bond donors (Lipinski definition) is 0. The molecule has 2 aliphatic rings. The van der Waals surface area contributed by atoms with Crippen LogP contribution in [0.3, 0.4) is 0 Å². The Labute approximate surface area is 172 Å². The fourth-order valence-electron chi connectivity index (χ4n) is 4.78. The quantitative estimate of drug-likeness (QED) is 0.518. The molecule has 1 aliphatic heterocycles. The van der Waals surface area contributed by atoms with E-state index in [4.69, 9.17) is 9.26 Å². The van der Waals surface area contributed by atoms with Crippen molar-refractivity contribution in [2.24, 2.45) is 11.8 Å². The summed E-state index contributed by atoms with van der Waals surface area (Å²) in [6.45, 7) is 5.64. The van der Waals surface area contributed by atoms with E-state index in [1.807, 2.05) is 28.7 Å². The number of para-hydroxylation sites is 2. The van der Waals surface area contributed by atoms with E-state index < -0.39 is 0 Å². The maximum atomic E-state index is 13.6.